The second kappa shape index (κ2) is 8.95. The number of benzene rings is 1. The van der Waals surface area contributed by atoms with Crippen LogP contribution in [0.4, 0.5) is 9.80 Å². The quantitative estimate of drug-likeness (QED) is 0.795. The first kappa shape index (κ1) is 20.0. The molecule has 1 N–H and O–H groups in total. The van der Waals surface area contributed by atoms with Crippen LogP contribution in [0, 0.1) is 11.3 Å². The number of rotatable bonds is 5. The van der Waals surface area contributed by atoms with Crippen LogP contribution in [0.25, 0.3) is 0 Å². The zero-order valence-electron chi connectivity index (χ0n) is 15.2. The summed E-state index contributed by atoms with van der Waals surface area (Å²) in [7, 11) is 0. The van der Waals surface area contributed by atoms with Crippen molar-refractivity contribution < 1.29 is 19.1 Å². The van der Waals surface area contributed by atoms with Crippen molar-refractivity contribution in [3.63, 3.8) is 0 Å². The van der Waals surface area contributed by atoms with Gasteiger partial charge in [0.05, 0.1) is 18.7 Å². The minimum Gasteiger partial charge on any atom is -0.484 e. The summed E-state index contributed by atoms with van der Waals surface area (Å²) in [6.45, 7) is 2.72. The lowest BCUT2D eigenvalue weighted by Gasteiger charge is -2.25. The van der Waals surface area contributed by atoms with Gasteiger partial charge in [0.15, 0.2) is 6.61 Å². The first-order chi connectivity index (χ1) is 13.5. The van der Waals surface area contributed by atoms with Gasteiger partial charge in [-0.15, -0.1) is 11.3 Å². The Balaban J connectivity index is 1.66. The maximum absolute atomic E-state index is 12.2. The molecular formula is C19H18ClN3O4S. The zero-order chi connectivity index (χ0) is 20.1. The second-order valence-corrected chi connectivity index (χ2v) is 7.52. The molecule has 0 aliphatic carbocycles. The van der Waals surface area contributed by atoms with E-state index in [0.29, 0.717) is 47.5 Å². The minimum atomic E-state index is -0.373. The molecule has 0 unspecified atom stereocenters. The molecule has 0 fully saturated rings. The summed E-state index contributed by atoms with van der Waals surface area (Å²) >= 11 is 7.12. The van der Waals surface area contributed by atoms with Gasteiger partial charge >= 0.3 is 6.09 Å². The average Bonchev–Trinajstić information content (AvgIpc) is 3.03. The number of ether oxygens (including phenoxy) is 2. The Kier molecular flexibility index (Phi) is 6.39. The van der Waals surface area contributed by atoms with Crippen LogP contribution in [0.5, 0.6) is 5.75 Å². The van der Waals surface area contributed by atoms with E-state index in [-0.39, 0.29) is 18.6 Å². The molecule has 0 radical (unpaired) electrons. The van der Waals surface area contributed by atoms with Crippen LogP contribution in [-0.2, 0) is 22.5 Å². The van der Waals surface area contributed by atoms with Crippen molar-refractivity contribution in [2.75, 3.05) is 25.1 Å². The molecule has 2 amide bonds. The molecule has 0 bridgehead atoms. The van der Waals surface area contributed by atoms with Crippen molar-refractivity contribution in [1.82, 2.24) is 4.90 Å². The molecule has 1 aliphatic heterocycles. The average molecular weight is 420 g/mol. The van der Waals surface area contributed by atoms with Crippen LogP contribution in [0.3, 0.4) is 0 Å². The Labute approximate surface area is 171 Å². The van der Waals surface area contributed by atoms with Gasteiger partial charge in [-0.3, -0.25) is 4.79 Å². The van der Waals surface area contributed by atoms with Crippen LogP contribution in [-0.4, -0.2) is 36.7 Å². The number of nitrogens with zero attached hydrogens (tertiary/aromatic N) is 2. The highest BCUT2D eigenvalue weighted by molar-refractivity contribution is 7.16. The third-order valence-corrected chi connectivity index (χ3v) is 5.52. The van der Waals surface area contributed by atoms with E-state index in [0.717, 1.165) is 10.4 Å². The summed E-state index contributed by atoms with van der Waals surface area (Å²) in [5.74, 6) is 0.155. The van der Waals surface area contributed by atoms with Crippen molar-refractivity contribution >= 4 is 39.9 Å². The Morgan fingerprint density at radius 2 is 2.11 bits per heavy atom. The SMILES string of the molecule is CCOC(=O)N1CCc2c(sc(NC(=O)COc3ccc(Cl)cc3)c2C#N)C1. The number of thiophene rings is 1. The Morgan fingerprint density at radius 3 is 2.79 bits per heavy atom. The molecule has 7 nitrogen and oxygen atoms in total. The highest BCUT2D eigenvalue weighted by Gasteiger charge is 2.28. The maximum Gasteiger partial charge on any atom is 0.410 e. The summed E-state index contributed by atoms with van der Waals surface area (Å²) in [4.78, 5) is 26.7. The van der Waals surface area contributed by atoms with E-state index in [4.69, 9.17) is 21.1 Å². The number of carbonyl (C=O) groups is 2. The number of fused-ring (bicyclic) bond motifs is 1. The third kappa shape index (κ3) is 4.55. The monoisotopic (exact) mass is 419 g/mol. The largest absolute Gasteiger partial charge is 0.484 e. The predicted octanol–water partition coefficient (Wildman–Crippen LogP) is 3.81. The normalized spacial score (nSPS) is 12.7. The Bertz CT molecular complexity index is 920. The van der Waals surface area contributed by atoms with E-state index in [1.54, 1.807) is 36.1 Å². The molecule has 1 aromatic carbocycles. The molecule has 0 saturated heterocycles. The van der Waals surface area contributed by atoms with Gasteiger partial charge < -0.3 is 19.7 Å². The standard InChI is InChI=1S/C19H18ClN3O4S/c1-2-26-19(25)23-8-7-14-15(9-21)18(28-16(14)10-23)22-17(24)11-27-13-5-3-12(20)4-6-13/h3-6H,2,7-8,10-11H2,1H3,(H,22,24). The Hall–Kier alpha value is -2.76. The number of carbonyl (C=O) groups excluding carboxylic acids is 2. The van der Waals surface area contributed by atoms with E-state index in [9.17, 15) is 14.9 Å². The molecule has 0 atom stereocenters. The molecular weight excluding hydrogens is 402 g/mol. The van der Waals surface area contributed by atoms with Gasteiger partial charge in [0.25, 0.3) is 5.91 Å². The molecule has 1 aliphatic rings. The van der Waals surface area contributed by atoms with Crippen molar-refractivity contribution in [3.8, 4) is 11.8 Å². The first-order valence-corrected chi connectivity index (χ1v) is 9.85. The summed E-state index contributed by atoms with van der Waals surface area (Å²) in [5.41, 5.74) is 1.32. The fourth-order valence-electron chi connectivity index (χ4n) is 2.82. The van der Waals surface area contributed by atoms with Crippen molar-refractivity contribution in [2.45, 2.75) is 19.9 Å². The highest BCUT2D eigenvalue weighted by Crippen LogP contribution is 2.36. The maximum atomic E-state index is 12.2. The van der Waals surface area contributed by atoms with Crippen LogP contribution in [0.1, 0.15) is 22.9 Å². The van der Waals surface area contributed by atoms with Gasteiger partial charge in [-0.05, 0) is 43.2 Å². The molecule has 28 heavy (non-hydrogen) atoms. The lowest BCUT2D eigenvalue weighted by atomic mass is 10.0. The van der Waals surface area contributed by atoms with Crippen LogP contribution < -0.4 is 10.1 Å². The van der Waals surface area contributed by atoms with Gasteiger partial charge in [-0.1, -0.05) is 11.6 Å². The summed E-state index contributed by atoms with van der Waals surface area (Å²) in [6, 6.07) is 8.85. The number of anilines is 1. The number of nitrogens with one attached hydrogen (secondary N) is 1. The molecule has 0 saturated carbocycles. The minimum absolute atomic E-state index is 0.190. The number of halogens is 1. The van der Waals surface area contributed by atoms with E-state index in [1.807, 2.05) is 0 Å². The molecule has 2 heterocycles. The molecule has 1 aromatic heterocycles. The van der Waals surface area contributed by atoms with E-state index >= 15 is 0 Å². The van der Waals surface area contributed by atoms with Crippen LogP contribution >= 0.6 is 22.9 Å². The van der Waals surface area contributed by atoms with E-state index in [2.05, 4.69) is 11.4 Å². The van der Waals surface area contributed by atoms with E-state index in [1.165, 1.54) is 11.3 Å². The molecule has 3 rings (SSSR count). The van der Waals surface area contributed by atoms with Crippen molar-refractivity contribution in [2.24, 2.45) is 0 Å². The first-order valence-electron chi connectivity index (χ1n) is 8.66. The van der Waals surface area contributed by atoms with Gasteiger partial charge in [0.1, 0.15) is 16.8 Å². The number of hydrogen-bond donors (Lipinski definition) is 1. The molecule has 9 heteroatoms. The summed E-state index contributed by atoms with van der Waals surface area (Å²) in [5, 5.41) is 13.3. The Morgan fingerprint density at radius 1 is 1.36 bits per heavy atom. The number of nitriles is 1. The number of amides is 2. The van der Waals surface area contributed by atoms with E-state index < -0.39 is 0 Å². The van der Waals surface area contributed by atoms with Gasteiger partial charge in [-0.2, -0.15) is 5.26 Å². The fraction of sp³-hybridized carbons (Fsp3) is 0.316. The van der Waals surface area contributed by atoms with Crippen molar-refractivity contribution in [1.29, 1.82) is 5.26 Å². The van der Waals surface area contributed by atoms with Gasteiger partial charge in [0, 0.05) is 16.4 Å². The fourth-order valence-corrected chi connectivity index (χ4v) is 4.18. The number of hydrogen-bond acceptors (Lipinski definition) is 6. The lowest BCUT2D eigenvalue weighted by Crippen LogP contribution is -2.35. The highest BCUT2D eigenvalue weighted by atomic mass is 35.5. The van der Waals surface area contributed by atoms with Crippen LogP contribution in [0.2, 0.25) is 5.02 Å². The predicted molar refractivity (Wildman–Crippen MR) is 106 cm³/mol. The van der Waals surface area contributed by atoms with Gasteiger partial charge in [0.2, 0.25) is 0 Å². The summed E-state index contributed by atoms with van der Waals surface area (Å²) < 4.78 is 10.5. The van der Waals surface area contributed by atoms with Gasteiger partial charge in [-0.25, -0.2) is 4.79 Å². The van der Waals surface area contributed by atoms with Crippen molar-refractivity contribution in [3.05, 3.63) is 45.3 Å². The molecule has 2 aromatic rings. The summed E-state index contributed by atoms with van der Waals surface area (Å²) in [6.07, 6.45) is 0.173. The molecule has 146 valence electrons. The smallest absolute Gasteiger partial charge is 0.410 e. The molecule has 0 spiro atoms. The third-order valence-electron chi connectivity index (χ3n) is 4.13. The topological polar surface area (TPSA) is 91.7 Å². The lowest BCUT2D eigenvalue weighted by molar-refractivity contribution is -0.118. The zero-order valence-corrected chi connectivity index (χ0v) is 16.7. The van der Waals surface area contributed by atoms with Crippen LogP contribution in [0.15, 0.2) is 24.3 Å². The second-order valence-electron chi connectivity index (χ2n) is 5.98.